The first-order chi connectivity index (χ1) is 8.74. The number of pyridine rings is 1. The van der Waals surface area contributed by atoms with E-state index in [1.807, 2.05) is 32.3 Å². The molecule has 2 heterocycles. The van der Waals surface area contributed by atoms with Crippen LogP contribution in [0.3, 0.4) is 0 Å². The summed E-state index contributed by atoms with van der Waals surface area (Å²) in [6, 6.07) is 3.63. The fourth-order valence-corrected chi connectivity index (χ4v) is 1.78. The highest BCUT2D eigenvalue weighted by atomic mass is 16.5. The highest BCUT2D eigenvalue weighted by Crippen LogP contribution is 2.22. The molecule has 18 heavy (non-hydrogen) atoms. The summed E-state index contributed by atoms with van der Waals surface area (Å²) in [6.07, 6.45) is 5.31. The molecule has 2 rings (SSSR count). The van der Waals surface area contributed by atoms with Crippen LogP contribution in [0.5, 0.6) is 5.75 Å². The van der Waals surface area contributed by atoms with Gasteiger partial charge >= 0.3 is 0 Å². The van der Waals surface area contributed by atoms with E-state index in [-0.39, 0.29) is 6.04 Å². The van der Waals surface area contributed by atoms with Crippen molar-refractivity contribution in [2.75, 3.05) is 6.61 Å². The third-order valence-corrected chi connectivity index (χ3v) is 2.58. The molecule has 6 nitrogen and oxygen atoms in total. The van der Waals surface area contributed by atoms with Crippen molar-refractivity contribution in [2.24, 2.45) is 12.9 Å². The Kier molecular flexibility index (Phi) is 3.91. The maximum Gasteiger partial charge on any atom is 0.137 e. The number of aryl methyl sites for hydroxylation is 1. The Morgan fingerprint density at radius 3 is 2.94 bits per heavy atom. The number of hydrogen-bond donors (Lipinski definition) is 2. The van der Waals surface area contributed by atoms with Gasteiger partial charge in [-0.25, -0.2) is 5.43 Å². The van der Waals surface area contributed by atoms with Gasteiger partial charge in [0.05, 0.1) is 24.5 Å². The first kappa shape index (κ1) is 12.5. The molecule has 3 N–H and O–H groups in total. The van der Waals surface area contributed by atoms with Crippen molar-refractivity contribution >= 4 is 0 Å². The van der Waals surface area contributed by atoms with E-state index in [0.717, 1.165) is 17.0 Å². The van der Waals surface area contributed by atoms with Gasteiger partial charge in [-0.05, 0) is 24.6 Å². The van der Waals surface area contributed by atoms with Crippen LogP contribution in [0, 0.1) is 0 Å². The van der Waals surface area contributed by atoms with Crippen LogP contribution in [0.2, 0.25) is 0 Å². The number of rotatable bonds is 5. The Balaban J connectivity index is 2.29. The molecule has 2 aromatic heterocycles. The highest BCUT2D eigenvalue weighted by Gasteiger charge is 2.16. The van der Waals surface area contributed by atoms with E-state index >= 15 is 0 Å². The van der Waals surface area contributed by atoms with Crippen molar-refractivity contribution in [3.63, 3.8) is 0 Å². The average molecular weight is 247 g/mol. The van der Waals surface area contributed by atoms with Crippen LogP contribution < -0.4 is 16.0 Å². The Hall–Kier alpha value is -1.92. The summed E-state index contributed by atoms with van der Waals surface area (Å²) >= 11 is 0. The minimum atomic E-state index is -0.195. The molecule has 0 radical (unpaired) electrons. The predicted octanol–water partition coefficient (Wildman–Crippen LogP) is 0.766. The third-order valence-electron chi connectivity index (χ3n) is 2.58. The van der Waals surface area contributed by atoms with Gasteiger partial charge in [-0.3, -0.25) is 15.5 Å². The van der Waals surface area contributed by atoms with Gasteiger partial charge in [0, 0.05) is 19.4 Å². The number of hydrazine groups is 1. The average Bonchev–Trinajstić information content (AvgIpc) is 2.78. The Bertz CT molecular complexity index is 511. The van der Waals surface area contributed by atoms with E-state index in [9.17, 15) is 0 Å². The fourth-order valence-electron chi connectivity index (χ4n) is 1.78. The smallest absolute Gasteiger partial charge is 0.137 e. The van der Waals surface area contributed by atoms with Crippen LogP contribution >= 0.6 is 0 Å². The van der Waals surface area contributed by atoms with E-state index in [1.165, 1.54) is 0 Å². The molecule has 0 spiro atoms. The lowest BCUT2D eigenvalue weighted by molar-refractivity contribution is 0.338. The Morgan fingerprint density at radius 1 is 1.50 bits per heavy atom. The maximum atomic E-state index is 5.60. The molecule has 1 unspecified atom stereocenters. The molecule has 0 aliphatic carbocycles. The van der Waals surface area contributed by atoms with Crippen LogP contribution in [0.15, 0.2) is 30.7 Å². The second-order valence-corrected chi connectivity index (χ2v) is 3.90. The van der Waals surface area contributed by atoms with Crippen molar-refractivity contribution in [1.82, 2.24) is 20.2 Å². The van der Waals surface area contributed by atoms with Crippen LogP contribution in [-0.4, -0.2) is 21.4 Å². The van der Waals surface area contributed by atoms with Crippen molar-refractivity contribution < 1.29 is 4.74 Å². The van der Waals surface area contributed by atoms with Gasteiger partial charge in [0.2, 0.25) is 0 Å². The van der Waals surface area contributed by atoms with Crippen molar-refractivity contribution in [2.45, 2.75) is 13.0 Å². The largest absolute Gasteiger partial charge is 0.492 e. The van der Waals surface area contributed by atoms with Crippen molar-refractivity contribution in [1.29, 1.82) is 0 Å². The molecule has 0 aliphatic rings. The fraction of sp³-hybridized carbons (Fsp3) is 0.333. The minimum absolute atomic E-state index is 0.195. The molecule has 6 heteroatoms. The third kappa shape index (κ3) is 2.66. The van der Waals surface area contributed by atoms with Crippen LogP contribution in [0.25, 0.3) is 0 Å². The zero-order valence-electron chi connectivity index (χ0n) is 10.5. The first-order valence-corrected chi connectivity index (χ1v) is 5.78. The van der Waals surface area contributed by atoms with Crippen LogP contribution in [0.4, 0.5) is 0 Å². The Morgan fingerprint density at radius 2 is 2.33 bits per heavy atom. The summed E-state index contributed by atoms with van der Waals surface area (Å²) in [6.45, 7) is 2.54. The molecule has 0 saturated heterocycles. The summed E-state index contributed by atoms with van der Waals surface area (Å²) < 4.78 is 7.16. The SMILES string of the molecule is CCOc1cncc(C(NN)c2ccn(C)n2)c1. The first-order valence-electron chi connectivity index (χ1n) is 5.78. The van der Waals surface area contributed by atoms with E-state index in [1.54, 1.807) is 17.1 Å². The van der Waals surface area contributed by atoms with Gasteiger partial charge in [-0.15, -0.1) is 0 Å². The molecule has 96 valence electrons. The van der Waals surface area contributed by atoms with Gasteiger partial charge in [-0.2, -0.15) is 5.10 Å². The molecule has 1 atom stereocenters. The van der Waals surface area contributed by atoms with E-state index in [4.69, 9.17) is 10.6 Å². The zero-order valence-corrected chi connectivity index (χ0v) is 10.5. The second kappa shape index (κ2) is 5.61. The lowest BCUT2D eigenvalue weighted by Gasteiger charge is -2.14. The molecule has 0 amide bonds. The molecule has 0 aromatic carbocycles. The predicted molar refractivity (Wildman–Crippen MR) is 67.8 cm³/mol. The quantitative estimate of drug-likeness (QED) is 0.602. The summed E-state index contributed by atoms with van der Waals surface area (Å²) in [4.78, 5) is 4.15. The van der Waals surface area contributed by atoms with Gasteiger partial charge in [-0.1, -0.05) is 0 Å². The standard InChI is InChI=1S/C12H17N5O/c1-3-18-10-6-9(7-14-8-10)12(15-13)11-4-5-17(2)16-11/h4-8,12,15H,3,13H2,1-2H3. The van der Waals surface area contributed by atoms with Crippen molar-refractivity contribution in [3.05, 3.63) is 42.0 Å². The lowest BCUT2D eigenvalue weighted by atomic mass is 10.1. The maximum absolute atomic E-state index is 5.60. The molecule has 0 bridgehead atoms. The number of nitrogens with zero attached hydrogens (tertiary/aromatic N) is 3. The zero-order chi connectivity index (χ0) is 13.0. The van der Waals surface area contributed by atoms with Gasteiger partial charge < -0.3 is 4.74 Å². The second-order valence-electron chi connectivity index (χ2n) is 3.90. The molecule has 0 fully saturated rings. The molecule has 0 aliphatic heterocycles. The monoisotopic (exact) mass is 247 g/mol. The highest BCUT2D eigenvalue weighted by molar-refractivity contribution is 5.30. The number of hydrogen-bond acceptors (Lipinski definition) is 5. The molecule has 2 aromatic rings. The van der Waals surface area contributed by atoms with Crippen LogP contribution in [0.1, 0.15) is 24.2 Å². The summed E-state index contributed by atoms with van der Waals surface area (Å²) in [5.74, 6) is 6.33. The van der Waals surface area contributed by atoms with Crippen molar-refractivity contribution in [3.8, 4) is 5.75 Å². The molecular weight excluding hydrogens is 230 g/mol. The van der Waals surface area contributed by atoms with Gasteiger partial charge in [0.25, 0.3) is 0 Å². The minimum Gasteiger partial charge on any atom is -0.492 e. The van der Waals surface area contributed by atoms with Gasteiger partial charge in [0.15, 0.2) is 0 Å². The van der Waals surface area contributed by atoms with E-state index in [0.29, 0.717) is 6.61 Å². The van der Waals surface area contributed by atoms with E-state index < -0.39 is 0 Å². The van der Waals surface area contributed by atoms with Gasteiger partial charge in [0.1, 0.15) is 5.75 Å². The summed E-state index contributed by atoms with van der Waals surface area (Å²) in [5, 5.41) is 4.34. The number of ether oxygens (including phenoxy) is 1. The topological polar surface area (TPSA) is 78.0 Å². The lowest BCUT2D eigenvalue weighted by Crippen LogP contribution is -2.29. The summed E-state index contributed by atoms with van der Waals surface area (Å²) in [7, 11) is 1.87. The number of nitrogens with one attached hydrogen (secondary N) is 1. The Labute approximate surface area is 106 Å². The number of nitrogens with two attached hydrogens (primary N) is 1. The van der Waals surface area contributed by atoms with Crippen LogP contribution in [-0.2, 0) is 7.05 Å². The molecule has 0 saturated carbocycles. The summed E-state index contributed by atoms with van der Waals surface area (Å²) in [5.41, 5.74) is 4.51. The molecular formula is C12H17N5O. The van der Waals surface area contributed by atoms with E-state index in [2.05, 4.69) is 15.5 Å². The normalized spacial score (nSPS) is 12.4. The number of aromatic nitrogens is 3.